The molecule has 94 valence electrons. The zero-order chi connectivity index (χ0) is 12.8. The highest BCUT2D eigenvalue weighted by Gasteiger charge is 2.08. The van der Waals surface area contributed by atoms with Gasteiger partial charge in [0.2, 0.25) is 5.91 Å². The molecule has 6 heteroatoms. The lowest BCUT2D eigenvalue weighted by Crippen LogP contribution is -2.38. The molecule has 1 atom stereocenters. The van der Waals surface area contributed by atoms with Crippen molar-refractivity contribution < 1.29 is 4.79 Å². The zero-order valence-corrected chi connectivity index (χ0v) is 11.2. The minimum atomic E-state index is -0.0456. The third kappa shape index (κ3) is 5.14. The summed E-state index contributed by atoms with van der Waals surface area (Å²) in [5, 5.41) is 3.43. The summed E-state index contributed by atoms with van der Waals surface area (Å²) in [4.78, 5) is 20.0. The van der Waals surface area contributed by atoms with Crippen molar-refractivity contribution in [2.45, 2.75) is 32.0 Å². The molecular weight excluding hydrogens is 236 g/mol. The molecule has 0 unspecified atom stereocenters. The van der Waals surface area contributed by atoms with Gasteiger partial charge >= 0.3 is 0 Å². The van der Waals surface area contributed by atoms with Gasteiger partial charge in [0.1, 0.15) is 0 Å². The van der Waals surface area contributed by atoms with Gasteiger partial charge in [0.25, 0.3) is 0 Å². The van der Waals surface area contributed by atoms with E-state index in [9.17, 15) is 4.79 Å². The Morgan fingerprint density at radius 1 is 1.47 bits per heavy atom. The van der Waals surface area contributed by atoms with Crippen LogP contribution in [-0.2, 0) is 4.79 Å². The van der Waals surface area contributed by atoms with E-state index in [4.69, 9.17) is 5.73 Å². The van der Waals surface area contributed by atoms with E-state index in [0.717, 1.165) is 11.4 Å². The first-order valence-electron chi connectivity index (χ1n) is 5.45. The Morgan fingerprint density at radius 3 is 2.59 bits per heavy atom. The number of aryl methyl sites for hydroxylation is 2. The number of nitrogens with zero attached hydrogens (tertiary/aromatic N) is 2. The number of carbonyl (C=O) groups excluding carboxylic acids is 1. The number of hydrogen-bond donors (Lipinski definition) is 2. The highest BCUT2D eigenvalue weighted by Crippen LogP contribution is 2.13. The summed E-state index contributed by atoms with van der Waals surface area (Å²) in [6, 6.07) is 1.91. The third-order valence-corrected chi connectivity index (χ3v) is 2.90. The van der Waals surface area contributed by atoms with Crippen molar-refractivity contribution in [3.05, 3.63) is 17.5 Å². The second-order valence-electron chi connectivity index (χ2n) is 3.93. The van der Waals surface area contributed by atoms with E-state index < -0.39 is 0 Å². The molecule has 5 nitrogen and oxygen atoms in total. The van der Waals surface area contributed by atoms with Crippen LogP contribution < -0.4 is 11.1 Å². The maximum atomic E-state index is 11.5. The zero-order valence-electron chi connectivity index (χ0n) is 10.4. The van der Waals surface area contributed by atoms with Crippen molar-refractivity contribution in [3.8, 4) is 0 Å². The van der Waals surface area contributed by atoms with Crippen molar-refractivity contribution in [1.82, 2.24) is 15.3 Å². The molecule has 1 aromatic rings. The average Bonchev–Trinajstić information content (AvgIpc) is 2.25. The van der Waals surface area contributed by atoms with Crippen LogP contribution in [-0.4, -0.2) is 34.2 Å². The van der Waals surface area contributed by atoms with Crippen LogP contribution in [0, 0.1) is 13.8 Å². The number of thioether (sulfide) groups is 1. The summed E-state index contributed by atoms with van der Waals surface area (Å²) in [7, 11) is 0. The maximum absolute atomic E-state index is 11.5. The molecule has 1 amide bonds. The van der Waals surface area contributed by atoms with Gasteiger partial charge in [-0.25, -0.2) is 9.97 Å². The van der Waals surface area contributed by atoms with Gasteiger partial charge < -0.3 is 11.1 Å². The topological polar surface area (TPSA) is 80.9 Å². The van der Waals surface area contributed by atoms with Gasteiger partial charge in [0, 0.05) is 24.0 Å². The van der Waals surface area contributed by atoms with E-state index in [1.807, 2.05) is 26.8 Å². The Morgan fingerprint density at radius 2 is 2.06 bits per heavy atom. The summed E-state index contributed by atoms with van der Waals surface area (Å²) in [6.07, 6.45) is 0. The summed E-state index contributed by atoms with van der Waals surface area (Å²) < 4.78 is 0. The largest absolute Gasteiger partial charge is 0.352 e. The summed E-state index contributed by atoms with van der Waals surface area (Å²) in [6.45, 7) is 6.14. The molecule has 0 aliphatic heterocycles. The lowest BCUT2D eigenvalue weighted by Gasteiger charge is -2.10. The van der Waals surface area contributed by atoms with E-state index in [1.165, 1.54) is 11.8 Å². The molecule has 1 rings (SSSR count). The molecule has 0 saturated carbocycles. The van der Waals surface area contributed by atoms with Crippen LogP contribution in [0.5, 0.6) is 0 Å². The summed E-state index contributed by atoms with van der Waals surface area (Å²) in [5.74, 6) is 0.267. The van der Waals surface area contributed by atoms with Gasteiger partial charge in [0.15, 0.2) is 5.16 Å². The van der Waals surface area contributed by atoms with E-state index >= 15 is 0 Å². The molecular formula is C11H18N4OS. The SMILES string of the molecule is Cc1cc(C)nc(SCC(=O)N[C@@H](C)CN)n1. The van der Waals surface area contributed by atoms with Gasteiger partial charge in [-0.1, -0.05) is 11.8 Å². The smallest absolute Gasteiger partial charge is 0.230 e. The Labute approximate surface area is 106 Å². The van der Waals surface area contributed by atoms with Gasteiger partial charge in [-0.15, -0.1) is 0 Å². The van der Waals surface area contributed by atoms with Gasteiger partial charge in [-0.3, -0.25) is 4.79 Å². The first kappa shape index (κ1) is 13.9. The van der Waals surface area contributed by atoms with Gasteiger partial charge in [0.05, 0.1) is 5.75 Å². The van der Waals surface area contributed by atoms with Crippen LogP contribution in [0.1, 0.15) is 18.3 Å². The fraction of sp³-hybridized carbons (Fsp3) is 0.545. The van der Waals surface area contributed by atoms with Gasteiger partial charge in [-0.2, -0.15) is 0 Å². The molecule has 1 heterocycles. The lowest BCUT2D eigenvalue weighted by atomic mass is 10.3. The normalized spacial score (nSPS) is 12.2. The van der Waals surface area contributed by atoms with Crippen molar-refractivity contribution >= 4 is 17.7 Å². The van der Waals surface area contributed by atoms with Crippen LogP contribution in [0.25, 0.3) is 0 Å². The highest BCUT2D eigenvalue weighted by atomic mass is 32.2. The van der Waals surface area contributed by atoms with E-state index in [2.05, 4.69) is 15.3 Å². The van der Waals surface area contributed by atoms with E-state index in [-0.39, 0.29) is 11.9 Å². The maximum Gasteiger partial charge on any atom is 0.230 e. The number of hydrogen-bond acceptors (Lipinski definition) is 5. The molecule has 0 saturated heterocycles. The van der Waals surface area contributed by atoms with Crippen molar-refractivity contribution in [1.29, 1.82) is 0 Å². The van der Waals surface area contributed by atoms with Crippen LogP contribution in [0.2, 0.25) is 0 Å². The highest BCUT2D eigenvalue weighted by molar-refractivity contribution is 7.99. The predicted octanol–water partition coefficient (Wildman–Crippen LogP) is 0.649. The molecule has 0 spiro atoms. The minimum Gasteiger partial charge on any atom is -0.352 e. The predicted molar refractivity (Wildman–Crippen MR) is 68.9 cm³/mol. The molecule has 17 heavy (non-hydrogen) atoms. The Hall–Kier alpha value is -1.14. The quantitative estimate of drug-likeness (QED) is 0.595. The molecule has 0 aliphatic carbocycles. The average molecular weight is 254 g/mol. The summed E-state index contributed by atoms with van der Waals surface area (Å²) in [5.41, 5.74) is 7.25. The van der Waals surface area contributed by atoms with Crippen molar-refractivity contribution in [2.24, 2.45) is 5.73 Å². The third-order valence-electron chi connectivity index (χ3n) is 2.06. The fourth-order valence-electron chi connectivity index (χ4n) is 1.26. The molecule has 1 aromatic heterocycles. The number of carbonyl (C=O) groups is 1. The van der Waals surface area contributed by atoms with Gasteiger partial charge in [-0.05, 0) is 26.8 Å². The summed E-state index contributed by atoms with van der Waals surface area (Å²) >= 11 is 1.33. The van der Waals surface area contributed by atoms with E-state index in [0.29, 0.717) is 17.5 Å². The minimum absolute atomic E-state index is 0.00302. The molecule has 0 aromatic carbocycles. The van der Waals surface area contributed by atoms with Crippen LogP contribution in [0.3, 0.4) is 0 Å². The van der Waals surface area contributed by atoms with Crippen LogP contribution in [0.15, 0.2) is 11.2 Å². The number of nitrogens with one attached hydrogen (secondary N) is 1. The first-order chi connectivity index (χ1) is 8.01. The first-order valence-corrected chi connectivity index (χ1v) is 6.44. The Kier molecular flexibility index (Phi) is 5.37. The monoisotopic (exact) mass is 254 g/mol. The molecule has 0 aliphatic rings. The molecule has 0 bridgehead atoms. The lowest BCUT2D eigenvalue weighted by molar-refractivity contribution is -0.119. The number of nitrogens with two attached hydrogens (primary N) is 1. The Balaban J connectivity index is 2.47. The second-order valence-corrected chi connectivity index (χ2v) is 4.87. The number of rotatable bonds is 5. The molecule has 3 N–H and O–H groups in total. The standard InChI is InChI=1S/C11H18N4OS/c1-7-4-8(2)15-11(14-7)17-6-10(16)13-9(3)5-12/h4,9H,5-6,12H2,1-3H3,(H,13,16)/t9-/m0/s1. The second kappa shape index (κ2) is 6.56. The molecule has 0 radical (unpaired) electrons. The van der Waals surface area contributed by atoms with Crippen LogP contribution >= 0.6 is 11.8 Å². The Bertz CT molecular complexity index is 377. The van der Waals surface area contributed by atoms with Crippen molar-refractivity contribution in [3.63, 3.8) is 0 Å². The number of amides is 1. The van der Waals surface area contributed by atoms with E-state index in [1.54, 1.807) is 0 Å². The van der Waals surface area contributed by atoms with Crippen LogP contribution in [0.4, 0.5) is 0 Å². The molecule has 0 fully saturated rings. The van der Waals surface area contributed by atoms with Crippen molar-refractivity contribution in [2.75, 3.05) is 12.3 Å². The number of aromatic nitrogens is 2. The fourth-order valence-corrected chi connectivity index (χ4v) is 2.02.